The summed E-state index contributed by atoms with van der Waals surface area (Å²) < 4.78 is 6.06. The molecule has 1 heterocycles. The van der Waals surface area contributed by atoms with E-state index in [1.165, 1.54) is 4.88 Å². The molecule has 2 N–H and O–H groups in total. The molecular weight excluding hydrogens is 326 g/mol. The lowest BCUT2D eigenvalue weighted by atomic mass is 10.1. The topological polar surface area (TPSA) is 52.3 Å². The quantitative estimate of drug-likeness (QED) is 0.680. The van der Waals surface area contributed by atoms with Crippen molar-refractivity contribution in [2.75, 3.05) is 12.3 Å². The van der Waals surface area contributed by atoms with Crippen LogP contribution >= 0.6 is 27.3 Å². The summed E-state index contributed by atoms with van der Waals surface area (Å²) in [7, 11) is 0. The molecule has 3 nitrogen and oxygen atoms in total. The van der Waals surface area contributed by atoms with Gasteiger partial charge in [0.25, 0.3) is 0 Å². The van der Waals surface area contributed by atoms with Gasteiger partial charge >= 0.3 is 5.97 Å². The van der Waals surface area contributed by atoms with Crippen molar-refractivity contribution >= 4 is 38.9 Å². The van der Waals surface area contributed by atoms with Crippen molar-refractivity contribution in [2.45, 2.75) is 13.3 Å². The summed E-state index contributed by atoms with van der Waals surface area (Å²) in [6.45, 7) is 2.20. The average molecular weight is 340 g/mol. The number of benzene rings is 1. The maximum Gasteiger partial charge on any atom is 0.338 e. The number of ether oxygens (including phenoxy) is 1. The third-order valence-corrected chi connectivity index (χ3v) is 4.19. The highest BCUT2D eigenvalue weighted by Gasteiger charge is 2.13. The molecule has 0 amide bonds. The highest BCUT2D eigenvalue weighted by Crippen LogP contribution is 2.23. The molecule has 0 aliphatic rings. The molecule has 0 fully saturated rings. The van der Waals surface area contributed by atoms with Crippen LogP contribution in [-0.4, -0.2) is 12.6 Å². The zero-order valence-corrected chi connectivity index (χ0v) is 12.9. The van der Waals surface area contributed by atoms with E-state index in [9.17, 15) is 4.79 Å². The second kappa shape index (κ2) is 6.21. The van der Waals surface area contributed by atoms with Crippen LogP contribution in [0.15, 0.2) is 34.1 Å². The molecule has 2 aromatic rings. The van der Waals surface area contributed by atoms with Crippen LogP contribution < -0.4 is 5.73 Å². The Balaban J connectivity index is 2.00. The first-order chi connectivity index (χ1) is 9.08. The van der Waals surface area contributed by atoms with E-state index in [1.54, 1.807) is 23.5 Å². The first kappa shape index (κ1) is 14.1. The molecule has 19 heavy (non-hydrogen) atoms. The van der Waals surface area contributed by atoms with Gasteiger partial charge in [-0.1, -0.05) is 22.0 Å². The molecule has 5 heteroatoms. The van der Waals surface area contributed by atoms with Crippen molar-refractivity contribution in [2.24, 2.45) is 0 Å². The minimum absolute atomic E-state index is 0.331. The molecule has 0 aliphatic carbocycles. The van der Waals surface area contributed by atoms with Crippen molar-refractivity contribution in [1.82, 2.24) is 0 Å². The number of anilines is 1. The summed E-state index contributed by atoms with van der Waals surface area (Å²) in [5.74, 6) is -0.331. The van der Waals surface area contributed by atoms with E-state index in [4.69, 9.17) is 10.5 Å². The summed E-state index contributed by atoms with van der Waals surface area (Å²) in [6, 6.07) is 7.53. The van der Waals surface area contributed by atoms with Gasteiger partial charge in [-0.05, 0) is 36.1 Å². The molecule has 1 aromatic carbocycles. The number of nitrogen functional groups attached to an aromatic ring is 1. The predicted octanol–water partition coefficient (Wildman–Crippen LogP) is 3.80. The van der Waals surface area contributed by atoms with Crippen LogP contribution in [0.25, 0.3) is 0 Å². The number of halogens is 1. The molecule has 0 saturated carbocycles. The van der Waals surface area contributed by atoms with Gasteiger partial charge in [-0.2, -0.15) is 0 Å². The molecule has 0 radical (unpaired) electrons. The molecule has 0 bridgehead atoms. The van der Waals surface area contributed by atoms with E-state index in [2.05, 4.69) is 15.9 Å². The van der Waals surface area contributed by atoms with Crippen LogP contribution in [0, 0.1) is 6.92 Å². The summed E-state index contributed by atoms with van der Waals surface area (Å²) in [5, 5.41) is 2.01. The summed E-state index contributed by atoms with van der Waals surface area (Å²) >= 11 is 4.99. The minimum Gasteiger partial charge on any atom is -0.462 e. The molecule has 0 spiro atoms. The first-order valence-electron chi connectivity index (χ1n) is 5.83. The van der Waals surface area contributed by atoms with Crippen molar-refractivity contribution in [1.29, 1.82) is 0 Å². The Labute approximate surface area is 124 Å². The van der Waals surface area contributed by atoms with Crippen molar-refractivity contribution in [3.63, 3.8) is 0 Å². The highest BCUT2D eigenvalue weighted by molar-refractivity contribution is 9.10. The van der Waals surface area contributed by atoms with Gasteiger partial charge in [-0.25, -0.2) is 4.79 Å². The van der Waals surface area contributed by atoms with E-state index in [-0.39, 0.29) is 5.97 Å². The Kier molecular flexibility index (Phi) is 4.61. The number of nitrogens with two attached hydrogens (primary N) is 1. The van der Waals surface area contributed by atoms with Gasteiger partial charge < -0.3 is 10.5 Å². The smallest absolute Gasteiger partial charge is 0.338 e. The first-order valence-corrected chi connectivity index (χ1v) is 7.50. The van der Waals surface area contributed by atoms with Crippen molar-refractivity contribution < 1.29 is 9.53 Å². The lowest BCUT2D eigenvalue weighted by Gasteiger charge is -2.09. The molecule has 2 rings (SSSR count). The van der Waals surface area contributed by atoms with Crippen LogP contribution in [0.2, 0.25) is 0 Å². The Morgan fingerprint density at radius 2 is 2.26 bits per heavy atom. The lowest BCUT2D eigenvalue weighted by molar-refractivity contribution is 0.0509. The van der Waals surface area contributed by atoms with E-state index >= 15 is 0 Å². The third-order valence-electron chi connectivity index (χ3n) is 2.79. The molecule has 1 aromatic heterocycles. The molecule has 0 aliphatic heterocycles. The van der Waals surface area contributed by atoms with Gasteiger partial charge in [0.2, 0.25) is 0 Å². The zero-order valence-electron chi connectivity index (χ0n) is 10.5. The highest BCUT2D eigenvalue weighted by atomic mass is 79.9. The number of rotatable bonds is 4. The van der Waals surface area contributed by atoms with Crippen LogP contribution in [0.4, 0.5) is 5.69 Å². The van der Waals surface area contributed by atoms with E-state index in [0.717, 1.165) is 16.5 Å². The van der Waals surface area contributed by atoms with Gasteiger partial charge in [0, 0.05) is 21.5 Å². The standard InChI is InChI=1S/C14H14BrNO2S/c1-9-12(7-10(15)8-13(9)16)14(17)18-5-4-11-3-2-6-19-11/h2-3,6-8H,4-5,16H2,1H3. The molecule has 0 saturated heterocycles. The average Bonchev–Trinajstić information content (AvgIpc) is 2.86. The zero-order chi connectivity index (χ0) is 13.8. The number of carbonyl (C=O) groups is 1. The number of thiophene rings is 1. The van der Waals surface area contributed by atoms with E-state index in [0.29, 0.717) is 17.9 Å². The second-order valence-corrected chi connectivity index (χ2v) is 6.08. The molecule has 100 valence electrons. The largest absolute Gasteiger partial charge is 0.462 e. The normalized spacial score (nSPS) is 10.4. The Bertz CT molecular complexity index is 581. The Morgan fingerprint density at radius 1 is 1.47 bits per heavy atom. The van der Waals surface area contributed by atoms with Crippen LogP contribution in [0.5, 0.6) is 0 Å². The molecular formula is C14H14BrNO2S. The number of esters is 1. The fourth-order valence-corrected chi connectivity index (χ4v) is 2.85. The fourth-order valence-electron chi connectivity index (χ4n) is 1.69. The maximum absolute atomic E-state index is 12.0. The molecule has 0 atom stereocenters. The second-order valence-electron chi connectivity index (χ2n) is 4.13. The SMILES string of the molecule is Cc1c(N)cc(Br)cc1C(=O)OCCc1cccs1. The third kappa shape index (κ3) is 3.58. The maximum atomic E-state index is 12.0. The fraction of sp³-hybridized carbons (Fsp3) is 0.214. The van der Waals surface area contributed by atoms with Crippen molar-refractivity contribution in [3.8, 4) is 0 Å². The van der Waals surface area contributed by atoms with Gasteiger partial charge in [-0.3, -0.25) is 0 Å². The Morgan fingerprint density at radius 3 is 2.95 bits per heavy atom. The van der Waals surface area contributed by atoms with Crippen LogP contribution in [0.3, 0.4) is 0 Å². The summed E-state index contributed by atoms with van der Waals surface area (Å²) in [5.41, 5.74) is 7.68. The van der Waals surface area contributed by atoms with E-state index in [1.807, 2.05) is 24.4 Å². The number of carbonyl (C=O) groups excluding carboxylic acids is 1. The monoisotopic (exact) mass is 339 g/mol. The van der Waals surface area contributed by atoms with Gasteiger partial charge in [-0.15, -0.1) is 11.3 Å². The minimum atomic E-state index is -0.331. The van der Waals surface area contributed by atoms with Gasteiger partial charge in [0.1, 0.15) is 0 Å². The summed E-state index contributed by atoms with van der Waals surface area (Å²) in [6.07, 6.45) is 0.742. The van der Waals surface area contributed by atoms with Gasteiger partial charge in [0.05, 0.1) is 12.2 Å². The number of hydrogen-bond donors (Lipinski definition) is 1. The summed E-state index contributed by atoms with van der Waals surface area (Å²) in [4.78, 5) is 13.2. The van der Waals surface area contributed by atoms with Crippen LogP contribution in [-0.2, 0) is 11.2 Å². The Hall–Kier alpha value is -1.33. The predicted molar refractivity (Wildman–Crippen MR) is 81.6 cm³/mol. The molecule has 0 unspecified atom stereocenters. The van der Waals surface area contributed by atoms with E-state index < -0.39 is 0 Å². The lowest BCUT2D eigenvalue weighted by Crippen LogP contribution is -2.10. The van der Waals surface area contributed by atoms with Crippen molar-refractivity contribution in [3.05, 3.63) is 50.1 Å². The number of hydrogen-bond acceptors (Lipinski definition) is 4. The van der Waals surface area contributed by atoms with Gasteiger partial charge in [0.15, 0.2) is 0 Å². The van der Waals surface area contributed by atoms with Crippen LogP contribution in [0.1, 0.15) is 20.8 Å².